The number of nitrogens with two attached hydrogens (primary N) is 2. The van der Waals surface area contributed by atoms with Crippen LogP contribution >= 0.6 is 11.8 Å². The summed E-state index contributed by atoms with van der Waals surface area (Å²) in [6.45, 7) is 7.98. The topological polar surface area (TPSA) is 143 Å². The summed E-state index contributed by atoms with van der Waals surface area (Å²) >= 11 is 0.795. The van der Waals surface area contributed by atoms with E-state index in [2.05, 4.69) is 26.4 Å². The van der Waals surface area contributed by atoms with Crippen LogP contribution in [0.1, 0.15) is 43.4 Å². The molecular formula is C36H40F3N9O2S. The highest BCUT2D eigenvalue weighted by molar-refractivity contribution is 8.03. The van der Waals surface area contributed by atoms with Crippen LogP contribution in [0, 0.1) is 23.0 Å². The van der Waals surface area contributed by atoms with Crippen LogP contribution in [0.2, 0.25) is 0 Å². The molecule has 3 atom stereocenters. The Balaban J connectivity index is 0.000000428. The Labute approximate surface area is 299 Å². The second-order valence-corrected chi connectivity index (χ2v) is 14.0. The Bertz CT molecular complexity index is 2010. The van der Waals surface area contributed by atoms with Crippen molar-refractivity contribution >= 4 is 40.0 Å². The Kier molecular flexibility index (Phi) is 10.4. The normalized spacial score (nSPS) is 18.6. The number of aromatic nitrogens is 3. The van der Waals surface area contributed by atoms with Gasteiger partial charge in [-0.2, -0.15) is 15.2 Å². The standard InChI is InChI=1S/C29H28F2N8O2S.C7H12FN/c1-14(16-7-6-10-35-27(16)34)39-11-12-41-25-21-23(36-29(40-5)37-28(21)39)22(31)20(24(25)38(3)4)17-8-9-19(30)26(18(17)13-32)42-15(2)33;8-6-4-7-2-1-3-9(7)5-6/h6-10,14H,2,11-12,33H2,1,3-5H3,(H2,34,35);6-7H,1-5H2/t14-;/m1./s1. The minimum atomic E-state index is -0.760. The van der Waals surface area contributed by atoms with E-state index in [1.165, 1.54) is 26.0 Å². The number of methoxy groups -OCH3 is 1. The summed E-state index contributed by atoms with van der Waals surface area (Å²) in [5.41, 5.74) is 13.0. The summed E-state index contributed by atoms with van der Waals surface area (Å²) in [6.07, 6.45) is 4.42. The van der Waals surface area contributed by atoms with Crippen molar-refractivity contribution in [2.24, 2.45) is 5.73 Å². The van der Waals surface area contributed by atoms with Gasteiger partial charge in [-0.15, -0.1) is 0 Å². The molecule has 268 valence electrons. The monoisotopic (exact) mass is 719 g/mol. The van der Waals surface area contributed by atoms with Gasteiger partial charge in [-0.05, 0) is 50.9 Å². The highest BCUT2D eigenvalue weighted by atomic mass is 32.2. The number of anilines is 3. The molecule has 0 radical (unpaired) electrons. The lowest BCUT2D eigenvalue weighted by molar-refractivity contribution is 0.292. The summed E-state index contributed by atoms with van der Waals surface area (Å²) < 4.78 is 56.2. The van der Waals surface area contributed by atoms with E-state index < -0.39 is 17.8 Å². The van der Waals surface area contributed by atoms with Crippen molar-refractivity contribution in [3.8, 4) is 29.0 Å². The van der Waals surface area contributed by atoms with Crippen LogP contribution in [0.3, 0.4) is 0 Å². The third-order valence-electron chi connectivity index (χ3n) is 9.43. The van der Waals surface area contributed by atoms with Gasteiger partial charge in [-0.3, -0.25) is 4.90 Å². The number of halogens is 3. The van der Waals surface area contributed by atoms with Gasteiger partial charge in [0.05, 0.1) is 46.3 Å². The molecule has 0 aliphatic carbocycles. The van der Waals surface area contributed by atoms with Gasteiger partial charge < -0.3 is 30.7 Å². The molecule has 0 amide bonds. The molecule has 0 bridgehead atoms. The number of nitrogens with zero attached hydrogens (tertiary/aromatic N) is 7. The minimum Gasteiger partial charge on any atom is -0.489 e. The van der Waals surface area contributed by atoms with E-state index in [0.717, 1.165) is 36.4 Å². The summed E-state index contributed by atoms with van der Waals surface area (Å²) in [7, 11) is 4.84. The van der Waals surface area contributed by atoms with Crippen molar-refractivity contribution in [2.75, 3.05) is 63.0 Å². The van der Waals surface area contributed by atoms with Crippen molar-refractivity contribution in [1.29, 1.82) is 5.26 Å². The average Bonchev–Trinajstić information content (AvgIpc) is 3.62. The maximum atomic E-state index is 16.9. The van der Waals surface area contributed by atoms with E-state index >= 15 is 4.39 Å². The van der Waals surface area contributed by atoms with Crippen molar-refractivity contribution in [3.05, 3.63) is 64.8 Å². The highest BCUT2D eigenvalue weighted by Crippen LogP contribution is 2.51. The molecule has 11 nitrogen and oxygen atoms in total. The molecular weight excluding hydrogens is 680 g/mol. The molecule has 0 spiro atoms. The zero-order valence-corrected chi connectivity index (χ0v) is 29.7. The number of nitrogen functional groups attached to an aromatic ring is 1. The first-order chi connectivity index (χ1) is 24.4. The lowest BCUT2D eigenvalue weighted by atomic mass is 9.94. The number of fused-ring (bicyclic) bond motifs is 1. The van der Waals surface area contributed by atoms with Gasteiger partial charge in [0.1, 0.15) is 41.8 Å². The van der Waals surface area contributed by atoms with Crippen LogP contribution in [0.25, 0.3) is 22.0 Å². The smallest absolute Gasteiger partial charge is 0.318 e. The van der Waals surface area contributed by atoms with Gasteiger partial charge >= 0.3 is 6.01 Å². The molecule has 3 aliphatic rings. The number of hydrogen-bond acceptors (Lipinski definition) is 12. The highest BCUT2D eigenvalue weighted by Gasteiger charge is 2.36. The van der Waals surface area contributed by atoms with Crippen LogP contribution in [-0.2, 0) is 0 Å². The van der Waals surface area contributed by atoms with Gasteiger partial charge in [-0.1, -0.05) is 24.4 Å². The van der Waals surface area contributed by atoms with E-state index in [1.54, 1.807) is 31.3 Å². The van der Waals surface area contributed by atoms with Crippen LogP contribution in [0.4, 0.5) is 30.5 Å². The molecule has 3 aliphatic heterocycles. The maximum absolute atomic E-state index is 16.9. The maximum Gasteiger partial charge on any atom is 0.318 e. The molecule has 51 heavy (non-hydrogen) atoms. The number of rotatable bonds is 7. The second-order valence-electron chi connectivity index (χ2n) is 12.8. The molecule has 4 aromatic rings. The molecule has 15 heteroatoms. The number of thioether (sulfide) groups is 1. The van der Waals surface area contributed by atoms with Crippen molar-refractivity contribution in [2.45, 2.75) is 49.3 Å². The molecule has 2 fully saturated rings. The molecule has 7 rings (SSSR count). The van der Waals surface area contributed by atoms with Gasteiger partial charge in [0.25, 0.3) is 0 Å². The molecule has 4 N–H and O–H groups in total. The van der Waals surface area contributed by atoms with E-state index in [4.69, 9.17) is 20.9 Å². The summed E-state index contributed by atoms with van der Waals surface area (Å²) in [6, 6.07) is 8.42. The largest absolute Gasteiger partial charge is 0.489 e. The molecule has 2 aromatic heterocycles. The summed E-state index contributed by atoms with van der Waals surface area (Å²) in [5.74, 6) is -0.395. The lowest BCUT2D eigenvalue weighted by Gasteiger charge is -2.30. The second kappa shape index (κ2) is 14.7. The number of pyridine rings is 1. The van der Waals surface area contributed by atoms with Gasteiger partial charge in [0, 0.05) is 49.6 Å². The lowest BCUT2D eigenvalue weighted by Crippen LogP contribution is -2.31. The fourth-order valence-corrected chi connectivity index (χ4v) is 7.86. The average molecular weight is 720 g/mol. The van der Waals surface area contributed by atoms with Gasteiger partial charge in [-0.25, -0.2) is 18.2 Å². The van der Waals surface area contributed by atoms with E-state index in [1.807, 2.05) is 24.0 Å². The predicted octanol–water partition coefficient (Wildman–Crippen LogP) is 6.17. The summed E-state index contributed by atoms with van der Waals surface area (Å²) in [5, 5.41) is 10.5. The number of alkyl halides is 1. The van der Waals surface area contributed by atoms with Crippen molar-refractivity contribution in [3.63, 3.8) is 0 Å². The van der Waals surface area contributed by atoms with Crippen molar-refractivity contribution in [1.82, 2.24) is 19.9 Å². The van der Waals surface area contributed by atoms with Crippen LogP contribution in [0.5, 0.6) is 11.8 Å². The first kappa shape index (κ1) is 35.9. The molecule has 2 unspecified atom stereocenters. The number of nitriles is 1. The van der Waals surface area contributed by atoms with Gasteiger partial charge in [0.15, 0.2) is 11.6 Å². The van der Waals surface area contributed by atoms with E-state index in [9.17, 15) is 14.0 Å². The van der Waals surface area contributed by atoms with E-state index in [0.29, 0.717) is 47.6 Å². The zero-order valence-electron chi connectivity index (χ0n) is 28.9. The molecule has 5 heterocycles. The number of benzene rings is 2. The molecule has 2 aromatic carbocycles. The quantitative estimate of drug-likeness (QED) is 0.211. The van der Waals surface area contributed by atoms with E-state index in [-0.39, 0.29) is 50.8 Å². The summed E-state index contributed by atoms with van der Waals surface area (Å²) in [4.78, 5) is 19.1. The first-order valence-electron chi connectivity index (χ1n) is 16.6. The van der Waals surface area contributed by atoms with Crippen molar-refractivity contribution < 1.29 is 22.6 Å². The zero-order chi connectivity index (χ0) is 36.6. The minimum absolute atomic E-state index is 0.00763. The Morgan fingerprint density at radius 1 is 1.24 bits per heavy atom. The van der Waals surface area contributed by atoms with Crippen LogP contribution in [-0.4, -0.2) is 79.5 Å². The fraction of sp³-hybridized carbons (Fsp3) is 0.389. The van der Waals surface area contributed by atoms with Gasteiger partial charge in [0.2, 0.25) is 0 Å². The molecule has 0 saturated carbocycles. The van der Waals surface area contributed by atoms with Crippen LogP contribution in [0.15, 0.2) is 47.0 Å². The third kappa shape index (κ3) is 6.77. The Morgan fingerprint density at radius 2 is 2.02 bits per heavy atom. The number of ether oxygens (including phenoxy) is 2. The first-order valence-corrected chi connectivity index (χ1v) is 17.4. The Hall–Kier alpha value is -4.94. The van der Waals surface area contributed by atoms with Crippen LogP contribution < -0.4 is 30.7 Å². The predicted molar refractivity (Wildman–Crippen MR) is 194 cm³/mol. The molecule has 2 saturated heterocycles. The SMILES string of the molecule is C=C(N)Sc1c(F)ccc(-c2c(N(C)C)c3c4c(nc(OC)nc4c2F)N([C@H](C)c2cccnc2N)CCO3)c1C#N.FC1CC2CCCN2C1. The fourth-order valence-electron chi connectivity index (χ4n) is 7.18. The Morgan fingerprint density at radius 3 is 2.69 bits per heavy atom. The third-order valence-corrected chi connectivity index (χ3v) is 10.3. The number of hydrogen-bond donors (Lipinski definition) is 2.